The van der Waals surface area contributed by atoms with Crippen molar-refractivity contribution in [1.29, 1.82) is 0 Å². The van der Waals surface area contributed by atoms with Crippen molar-refractivity contribution in [3.63, 3.8) is 0 Å². The molecule has 0 bridgehead atoms. The van der Waals surface area contributed by atoms with Crippen molar-refractivity contribution in [2.75, 3.05) is 0 Å². The summed E-state index contributed by atoms with van der Waals surface area (Å²) in [5.41, 5.74) is 10.6. The van der Waals surface area contributed by atoms with Crippen molar-refractivity contribution in [3.8, 4) is 28.3 Å². The Kier molecular flexibility index (Phi) is 9.91. The number of furan rings is 1. The molecular formula is C49H44FIrN5O-2. The zero-order valence-corrected chi connectivity index (χ0v) is 35.3. The minimum atomic E-state index is -2.33. The van der Waals surface area contributed by atoms with Gasteiger partial charge in [0.05, 0.1) is 22.4 Å². The van der Waals surface area contributed by atoms with Gasteiger partial charge in [0, 0.05) is 47.3 Å². The van der Waals surface area contributed by atoms with Crippen molar-refractivity contribution in [2.45, 2.75) is 72.6 Å². The van der Waals surface area contributed by atoms with E-state index in [9.17, 15) is 4.39 Å². The van der Waals surface area contributed by atoms with E-state index >= 15 is 0 Å². The average molecular weight is 933 g/mol. The molecule has 0 unspecified atom stereocenters. The summed E-state index contributed by atoms with van der Waals surface area (Å²) in [6, 6.07) is 38.8. The zero-order valence-electron chi connectivity index (χ0n) is 35.9. The summed E-state index contributed by atoms with van der Waals surface area (Å²) in [7, 11) is 0. The third-order valence-corrected chi connectivity index (χ3v) is 10.1. The minimum Gasteiger partial charge on any atom is -0.501 e. The van der Waals surface area contributed by atoms with Gasteiger partial charge in [-0.3, -0.25) is 9.37 Å². The topological polar surface area (TPSA) is 69.6 Å². The maximum absolute atomic E-state index is 14.1. The molecule has 0 fully saturated rings. The number of imidazole rings is 1. The van der Waals surface area contributed by atoms with Gasteiger partial charge in [-0.2, -0.15) is 0 Å². The molecule has 0 aliphatic rings. The predicted octanol–water partition coefficient (Wildman–Crippen LogP) is 12.9. The van der Waals surface area contributed by atoms with E-state index in [1.807, 2.05) is 54.6 Å². The van der Waals surface area contributed by atoms with Gasteiger partial charge in [-0.25, -0.2) is 9.97 Å². The Morgan fingerprint density at radius 3 is 2.12 bits per heavy atom. The van der Waals surface area contributed by atoms with Crippen molar-refractivity contribution in [1.82, 2.24) is 24.5 Å². The van der Waals surface area contributed by atoms with Crippen LogP contribution in [0.15, 0.2) is 114 Å². The summed E-state index contributed by atoms with van der Waals surface area (Å²) in [4.78, 5) is 19.4. The first kappa shape index (κ1) is 35.8. The van der Waals surface area contributed by atoms with E-state index < -0.39 is 12.7 Å². The molecular weight excluding hydrogens is 886 g/mol. The second-order valence-corrected chi connectivity index (χ2v) is 15.7. The second kappa shape index (κ2) is 15.8. The Bertz CT molecular complexity index is 2970. The fourth-order valence-corrected chi connectivity index (χ4v) is 7.11. The largest absolute Gasteiger partial charge is 0.501 e. The van der Waals surface area contributed by atoms with Crippen LogP contribution < -0.4 is 0 Å². The Balaban J connectivity index is 0.000000212. The van der Waals surface area contributed by atoms with E-state index in [2.05, 4.69) is 100 Å². The maximum Gasteiger partial charge on any atom is 0.188 e. The van der Waals surface area contributed by atoms with Gasteiger partial charge in [0.25, 0.3) is 0 Å². The minimum absolute atomic E-state index is 0. The molecule has 8 heteroatoms. The first-order valence-electron chi connectivity index (χ1n) is 20.4. The fraction of sp³-hybridized carbons (Fsp3) is 0.224. The summed E-state index contributed by atoms with van der Waals surface area (Å²) in [5.74, 6) is 0.705. The van der Waals surface area contributed by atoms with Crippen LogP contribution >= 0.6 is 0 Å². The first-order chi connectivity index (χ1) is 28.1. The monoisotopic (exact) mass is 933 g/mol. The molecule has 5 aromatic carbocycles. The van der Waals surface area contributed by atoms with Crippen molar-refractivity contribution >= 4 is 44.3 Å². The number of para-hydroxylation sites is 4. The van der Waals surface area contributed by atoms with Crippen LogP contribution in [-0.4, -0.2) is 24.5 Å². The number of aromatic nitrogens is 5. The van der Waals surface area contributed by atoms with Gasteiger partial charge in [-0.15, -0.1) is 42.0 Å². The van der Waals surface area contributed by atoms with Crippen molar-refractivity contribution in [3.05, 3.63) is 150 Å². The zero-order chi connectivity index (χ0) is 41.8. The predicted molar refractivity (Wildman–Crippen MR) is 226 cm³/mol. The molecule has 1 radical (unpaired) electrons. The molecule has 0 saturated heterocycles. The number of nitrogens with zero attached hydrogens (tertiary/aromatic N) is 5. The number of fused-ring (bicyclic) bond motifs is 5. The third kappa shape index (κ3) is 7.52. The molecule has 0 amide bonds. The third-order valence-electron chi connectivity index (χ3n) is 10.1. The molecule has 57 heavy (non-hydrogen) atoms. The summed E-state index contributed by atoms with van der Waals surface area (Å²) >= 11 is 0. The molecule has 0 N–H and O–H groups in total. The van der Waals surface area contributed by atoms with Crippen molar-refractivity contribution in [2.24, 2.45) is 0 Å². The van der Waals surface area contributed by atoms with Gasteiger partial charge in [0.1, 0.15) is 5.58 Å². The first-order valence-corrected chi connectivity index (χ1v) is 18.9. The van der Waals surface area contributed by atoms with Crippen LogP contribution in [-0.2, 0) is 25.5 Å². The number of rotatable bonds is 5. The molecule has 289 valence electrons. The molecule has 4 heterocycles. The number of aryl methyl sites for hydroxylation is 1. The van der Waals surface area contributed by atoms with Gasteiger partial charge in [-0.05, 0) is 57.8 Å². The van der Waals surface area contributed by atoms with Crippen LogP contribution in [0.2, 0.25) is 0 Å². The second-order valence-electron chi connectivity index (χ2n) is 15.7. The Hall–Kier alpha value is -5.56. The molecule has 4 aromatic heterocycles. The van der Waals surface area contributed by atoms with Crippen LogP contribution in [0.1, 0.15) is 86.7 Å². The van der Waals surface area contributed by atoms with Gasteiger partial charge in [-0.1, -0.05) is 132 Å². The van der Waals surface area contributed by atoms with Crippen LogP contribution in [0.5, 0.6) is 0 Å². The number of pyridine rings is 1. The van der Waals surface area contributed by atoms with E-state index in [1.54, 1.807) is 12.3 Å². The summed E-state index contributed by atoms with van der Waals surface area (Å²) in [6.45, 7) is 12.8. The SMILES string of the molecule is CC(C)c1cccc(C(C)C)c1-n1c(-c2[c-]ccc3c2oc2ccccc23)nc2nc3ccccc3nc21.[2H]C([2H])([2H])c1c[c-]c(-c2ccc(C(C)(C)C)cn2)c(F)c1.[Ir]. The fourth-order valence-electron chi connectivity index (χ4n) is 7.11. The molecule has 0 spiro atoms. The molecule has 0 aliphatic carbocycles. The standard InChI is InChI=1S/C33H27N4O.C16H17FN.Ir/c1-19(2)21-12-9-13-22(20(3)4)29(21)37-32(36-31-33(37)35-27-17-7-6-16-26(27)34-31)25-15-10-14-24-23-11-5-8-18-28(23)38-30(24)25;1-11-5-7-13(14(17)9-11)15-8-6-12(10-18-15)16(2,3)4;/h5-14,16-20H,1-4H3;5-6,8-10H,1-4H3;/q2*-1;/i;1D3;. The summed E-state index contributed by atoms with van der Waals surface area (Å²) < 4.78 is 44.5. The molecule has 9 rings (SSSR count). The summed E-state index contributed by atoms with van der Waals surface area (Å²) in [5, 5.41) is 2.12. The average Bonchev–Trinajstić information content (AvgIpc) is 3.77. The molecule has 6 nitrogen and oxygen atoms in total. The van der Waals surface area contributed by atoms with E-state index in [0.29, 0.717) is 23.2 Å². The van der Waals surface area contributed by atoms with Gasteiger partial charge in [0.15, 0.2) is 11.3 Å². The van der Waals surface area contributed by atoms with Gasteiger partial charge >= 0.3 is 0 Å². The van der Waals surface area contributed by atoms with Crippen molar-refractivity contribution < 1.29 is 33.0 Å². The molecule has 0 saturated carbocycles. The quantitative estimate of drug-likeness (QED) is 0.161. The number of hydrogen-bond acceptors (Lipinski definition) is 5. The van der Waals surface area contributed by atoms with Gasteiger partial charge < -0.3 is 14.0 Å². The van der Waals surface area contributed by atoms with E-state index in [1.165, 1.54) is 17.2 Å². The number of benzene rings is 5. The molecule has 0 aliphatic heterocycles. The van der Waals surface area contributed by atoms with E-state index in [0.717, 1.165) is 67.3 Å². The Labute approximate surface area is 350 Å². The van der Waals surface area contributed by atoms with Crippen LogP contribution in [0.4, 0.5) is 4.39 Å². The Morgan fingerprint density at radius 2 is 1.47 bits per heavy atom. The number of halogens is 1. The van der Waals surface area contributed by atoms with Crippen LogP contribution in [0.25, 0.3) is 72.6 Å². The summed E-state index contributed by atoms with van der Waals surface area (Å²) in [6.07, 6.45) is 1.71. The molecule has 0 atom stereocenters. The van der Waals surface area contributed by atoms with E-state index in [4.69, 9.17) is 23.5 Å². The van der Waals surface area contributed by atoms with Gasteiger partial charge in [0.2, 0.25) is 0 Å². The van der Waals surface area contributed by atoms with E-state index in [-0.39, 0.29) is 36.6 Å². The maximum atomic E-state index is 14.1. The molecule has 9 aromatic rings. The normalized spacial score (nSPS) is 12.8. The smallest absolute Gasteiger partial charge is 0.188 e. The Morgan fingerprint density at radius 1 is 0.772 bits per heavy atom. The van der Waals surface area contributed by atoms with Crippen LogP contribution in [0.3, 0.4) is 0 Å². The number of hydrogen-bond donors (Lipinski definition) is 0. The van der Waals surface area contributed by atoms with Crippen LogP contribution in [0, 0.1) is 24.8 Å².